The van der Waals surface area contributed by atoms with Gasteiger partial charge in [-0.15, -0.1) is 0 Å². The number of carbonyl (C=O) groups excluding carboxylic acids is 1. The van der Waals surface area contributed by atoms with E-state index in [-0.39, 0.29) is 11.3 Å². The summed E-state index contributed by atoms with van der Waals surface area (Å²) in [6, 6.07) is 9.37. The van der Waals surface area contributed by atoms with E-state index in [1.807, 2.05) is 0 Å². The Balaban J connectivity index is 2.33. The standard InChI is InChI=1S/C16H14BrN3O3/c1-19-8-10-6-9(2-4-13(10)18)15(21)20-14-5-3-11(17)7-12(14)16(22)23/h2-8H,18H2,1H3,(H,20,21)(H,22,23). The number of rotatable bonds is 4. The minimum absolute atomic E-state index is 0.00138. The first-order valence-corrected chi connectivity index (χ1v) is 7.37. The smallest absolute Gasteiger partial charge is 0.337 e. The van der Waals surface area contributed by atoms with Crippen molar-refractivity contribution in [3.8, 4) is 0 Å². The fourth-order valence-corrected chi connectivity index (χ4v) is 2.32. The van der Waals surface area contributed by atoms with E-state index in [0.29, 0.717) is 21.3 Å². The average molecular weight is 376 g/mol. The van der Waals surface area contributed by atoms with Crippen molar-refractivity contribution in [2.45, 2.75) is 0 Å². The highest BCUT2D eigenvalue weighted by Gasteiger charge is 2.14. The summed E-state index contributed by atoms with van der Waals surface area (Å²) in [6.45, 7) is 0. The van der Waals surface area contributed by atoms with E-state index in [4.69, 9.17) is 5.73 Å². The van der Waals surface area contributed by atoms with Crippen LogP contribution in [0.5, 0.6) is 0 Å². The summed E-state index contributed by atoms with van der Waals surface area (Å²) in [5, 5.41) is 11.8. The Morgan fingerprint density at radius 2 is 2.00 bits per heavy atom. The molecule has 0 aliphatic carbocycles. The largest absolute Gasteiger partial charge is 0.478 e. The van der Waals surface area contributed by atoms with Gasteiger partial charge in [-0.3, -0.25) is 9.79 Å². The Kier molecular flexibility index (Phi) is 5.13. The summed E-state index contributed by atoms with van der Waals surface area (Å²) in [5.41, 5.74) is 7.49. The van der Waals surface area contributed by atoms with E-state index in [1.165, 1.54) is 12.1 Å². The second-order valence-corrected chi connectivity index (χ2v) is 5.60. The van der Waals surface area contributed by atoms with Crippen LogP contribution < -0.4 is 11.1 Å². The van der Waals surface area contributed by atoms with Gasteiger partial charge in [0, 0.05) is 34.5 Å². The molecule has 4 N–H and O–H groups in total. The molecule has 2 rings (SSSR count). The maximum Gasteiger partial charge on any atom is 0.337 e. The van der Waals surface area contributed by atoms with Gasteiger partial charge in [0.15, 0.2) is 0 Å². The third-order valence-corrected chi connectivity index (χ3v) is 3.57. The Labute approximate surface area is 141 Å². The average Bonchev–Trinajstić information content (AvgIpc) is 2.51. The summed E-state index contributed by atoms with van der Waals surface area (Å²) >= 11 is 3.21. The molecule has 118 valence electrons. The van der Waals surface area contributed by atoms with Crippen LogP contribution >= 0.6 is 15.9 Å². The summed E-state index contributed by atoms with van der Waals surface area (Å²) in [4.78, 5) is 27.5. The number of aromatic carboxylic acids is 1. The van der Waals surface area contributed by atoms with Crippen LogP contribution in [0.3, 0.4) is 0 Å². The molecule has 0 radical (unpaired) electrons. The van der Waals surface area contributed by atoms with Gasteiger partial charge in [-0.1, -0.05) is 15.9 Å². The molecule has 0 saturated heterocycles. The zero-order valence-corrected chi connectivity index (χ0v) is 13.8. The van der Waals surface area contributed by atoms with Gasteiger partial charge in [0.25, 0.3) is 5.91 Å². The van der Waals surface area contributed by atoms with Crippen LogP contribution in [0.15, 0.2) is 45.9 Å². The number of carbonyl (C=O) groups is 2. The van der Waals surface area contributed by atoms with Crippen molar-refractivity contribution in [1.82, 2.24) is 0 Å². The summed E-state index contributed by atoms with van der Waals surface area (Å²) in [7, 11) is 1.60. The molecule has 23 heavy (non-hydrogen) atoms. The van der Waals surface area contributed by atoms with Crippen LogP contribution in [-0.4, -0.2) is 30.2 Å². The molecule has 0 bridgehead atoms. The third-order valence-electron chi connectivity index (χ3n) is 3.08. The van der Waals surface area contributed by atoms with Gasteiger partial charge in [-0.2, -0.15) is 0 Å². The third kappa shape index (κ3) is 3.95. The zero-order valence-electron chi connectivity index (χ0n) is 12.2. The molecule has 0 saturated carbocycles. The van der Waals surface area contributed by atoms with Gasteiger partial charge in [0.05, 0.1) is 11.3 Å². The quantitative estimate of drug-likeness (QED) is 0.564. The predicted molar refractivity (Wildman–Crippen MR) is 93.4 cm³/mol. The summed E-state index contributed by atoms with van der Waals surface area (Å²) in [6.07, 6.45) is 1.55. The number of amides is 1. The van der Waals surface area contributed by atoms with Gasteiger partial charge in [-0.05, 0) is 36.4 Å². The number of nitrogens with zero attached hydrogens (tertiary/aromatic N) is 1. The number of nitrogen functional groups attached to an aromatic ring is 1. The summed E-state index contributed by atoms with van der Waals surface area (Å²) in [5.74, 6) is -1.56. The number of aliphatic imine (C=N–C) groups is 1. The molecular weight excluding hydrogens is 362 g/mol. The SMILES string of the molecule is CN=Cc1cc(C(=O)Nc2ccc(Br)cc2C(=O)O)ccc1N. The van der Waals surface area contributed by atoms with E-state index < -0.39 is 11.9 Å². The fraction of sp³-hybridized carbons (Fsp3) is 0.0625. The van der Waals surface area contributed by atoms with Crippen molar-refractivity contribution < 1.29 is 14.7 Å². The maximum atomic E-state index is 12.3. The van der Waals surface area contributed by atoms with E-state index in [0.717, 1.165) is 0 Å². The van der Waals surface area contributed by atoms with Crippen molar-refractivity contribution in [3.05, 3.63) is 57.6 Å². The van der Waals surface area contributed by atoms with Gasteiger partial charge >= 0.3 is 5.97 Å². The molecule has 0 unspecified atom stereocenters. The van der Waals surface area contributed by atoms with Crippen LogP contribution in [0.4, 0.5) is 11.4 Å². The lowest BCUT2D eigenvalue weighted by molar-refractivity contribution is 0.0698. The van der Waals surface area contributed by atoms with Gasteiger partial charge < -0.3 is 16.2 Å². The first-order valence-electron chi connectivity index (χ1n) is 6.58. The number of carboxylic acid groups (broad SMARTS) is 1. The molecule has 2 aromatic rings. The van der Waals surface area contributed by atoms with Gasteiger partial charge in [0.1, 0.15) is 0 Å². The first kappa shape index (κ1) is 16.7. The Morgan fingerprint density at radius 1 is 1.26 bits per heavy atom. The molecule has 0 heterocycles. The molecular formula is C16H14BrN3O3. The van der Waals surface area contributed by atoms with Crippen molar-refractivity contribution in [2.75, 3.05) is 18.1 Å². The second kappa shape index (κ2) is 7.06. The highest BCUT2D eigenvalue weighted by molar-refractivity contribution is 9.10. The van der Waals surface area contributed by atoms with E-state index >= 15 is 0 Å². The maximum absolute atomic E-state index is 12.3. The van der Waals surface area contributed by atoms with E-state index in [2.05, 4.69) is 26.2 Å². The highest BCUT2D eigenvalue weighted by atomic mass is 79.9. The number of hydrogen-bond acceptors (Lipinski definition) is 4. The first-order chi connectivity index (χ1) is 10.9. The van der Waals surface area contributed by atoms with Gasteiger partial charge in [0.2, 0.25) is 0 Å². The van der Waals surface area contributed by atoms with Crippen LogP contribution in [0.2, 0.25) is 0 Å². The molecule has 0 aromatic heterocycles. The number of nitrogens with two attached hydrogens (primary N) is 1. The molecule has 2 aromatic carbocycles. The minimum Gasteiger partial charge on any atom is -0.478 e. The number of halogens is 1. The van der Waals surface area contributed by atoms with Crippen molar-refractivity contribution >= 4 is 45.4 Å². The number of carboxylic acids is 1. The number of benzene rings is 2. The molecule has 6 nitrogen and oxygen atoms in total. The highest BCUT2D eigenvalue weighted by Crippen LogP contribution is 2.22. The Morgan fingerprint density at radius 3 is 2.65 bits per heavy atom. The van der Waals surface area contributed by atoms with Crippen molar-refractivity contribution in [2.24, 2.45) is 4.99 Å². The molecule has 0 atom stereocenters. The Bertz CT molecular complexity index is 803. The topological polar surface area (TPSA) is 105 Å². The van der Waals surface area contributed by atoms with E-state index in [9.17, 15) is 14.7 Å². The van der Waals surface area contributed by atoms with Crippen LogP contribution in [0.1, 0.15) is 26.3 Å². The Hall–Kier alpha value is -2.67. The van der Waals surface area contributed by atoms with Crippen LogP contribution in [0.25, 0.3) is 0 Å². The molecule has 0 fully saturated rings. The number of nitrogens with one attached hydrogen (secondary N) is 1. The molecule has 0 spiro atoms. The number of hydrogen-bond donors (Lipinski definition) is 3. The predicted octanol–water partition coefficient (Wildman–Crippen LogP) is 3.03. The lowest BCUT2D eigenvalue weighted by Crippen LogP contribution is -2.15. The number of anilines is 2. The second-order valence-electron chi connectivity index (χ2n) is 4.68. The molecule has 1 amide bonds. The van der Waals surface area contributed by atoms with Crippen LogP contribution in [-0.2, 0) is 0 Å². The summed E-state index contributed by atoms with van der Waals surface area (Å²) < 4.78 is 0.613. The van der Waals surface area contributed by atoms with Crippen molar-refractivity contribution in [3.63, 3.8) is 0 Å². The lowest BCUT2D eigenvalue weighted by atomic mass is 10.1. The molecule has 0 aliphatic rings. The van der Waals surface area contributed by atoms with Crippen molar-refractivity contribution in [1.29, 1.82) is 0 Å². The zero-order chi connectivity index (χ0) is 17.0. The monoisotopic (exact) mass is 375 g/mol. The molecule has 0 aliphatic heterocycles. The lowest BCUT2D eigenvalue weighted by Gasteiger charge is -2.10. The normalized spacial score (nSPS) is 10.7. The minimum atomic E-state index is -1.13. The van der Waals surface area contributed by atoms with E-state index in [1.54, 1.807) is 37.5 Å². The molecule has 7 heteroatoms. The van der Waals surface area contributed by atoms with Crippen LogP contribution in [0, 0.1) is 0 Å². The fourth-order valence-electron chi connectivity index (χ4n) is 1.96. The van der Waals surface area contributed by atoms with Gasteiger partial charge in [-0.25, -0.2) is 4.79 Å².